The quantitative estimate of drug-likeness (QED) is 0.188. The number of rotatable bonds is 11. The molecule has 1 heterocycles. The van der Waals surface area contributed by atoms with Crippen LogP contribution in [0.2, 0.25) is 0 Å². The molecular weight excluding hydrogens is 536 g/mol. The highest BCUT2D eigenvalue weighted by Gasteiger charge is 2.20. The average Bonchev–Trinajstić information content (AvgIpc) is 2.97. The number of nitrogens with zero attached hydrogens (tertiary/aromatic N) is 2. The number of amides is 2. The number of aromatic nitrogens is 1. The van der Waals surface area contributed by atoms with E-state index in [0.29, 0.717) is 21.8 Å². The van der Waals surface area contributed by atoms with Gasteiger partial charge >= 0.3 is 0 Å². The zero-order valence-electron chi connectivity index (χ0n) is 21.9. The zero-order chi connectivity index (χ0) is 28.5. The summed E-state index contributed by atoms with van der Waals surface area (Å²) >= 11 is 1.34. The fraction of sp³-hybridized carbons (Fsp3) is 0.167. The summed E-state index contributed by atoms with van der Waals surface area (Å²) in [5.41, 5.74) is 5.49. The number of ether oxygens (including phenoxy) is 1. The fourth-order valence-corrected chi connectivity index (χ4v) is 4.65. The molecule has 1 aromatic heterocycles. The summed E-state index contributed by atoms with van der Waals surface area (Å²) in [4.78, 5) is 36.4. The van der Waals surface area contributed by atoms with Gasteiger partial charge in [-0.05, 0) is 71.0 Å². The minimum atomic E-state index is -0.902. The van der Waals surface area contributed by atoms with E-state index >= 15 is 0 Å². The molecule has 0 fully saturated rings. The molecule has 0 saturated carbocycles. The predicted octanol–water partition coefficient (Wildman–Crippen LogP) is 5.65. The highest BCUT2D eigenvalue weighted by molar-refractivity contribution is 7.98. The molecule has 0 aliphatic rings. The number of hydrogen-bond acceptors (Lipinski definition) is 6. The maximum atomic E-state index is 13.9. The predicted molar refractivity (Wildman–Crippen MR) is 148 cm³/mol. The van der Waals surface area contributed by atoms with Gasteiger partial charge in [-0.2, -0.15) is 0 Å². The molecular formula is C30H27F2N3O4S. The van der Waals surface area contributed by atoms with Crippen molar-refractivity contribution in [2.75, 3.05) is 19.9 Å². The number of nitrogens with one attached hydrogen (secondary N) is 1. The number of thioether (sulfide) groups is 1. The summed E-state index contributed by atoms with van der Waals surface area (Å²) in [5, 5.41) is 0. The van der Waals surface area contributed by atoms with Crippen LogP contribution in [0.15, 0.2) is 90.1 Å². The number of hydroxylamine groups is 1. The van der Waals surface area contributed by atoms with Crippen LogP contribution in [0.3, 0.4) is 0 Å². The lowest BCUT2D eigenvalue weighted by Gasteiger charge is -2.22. The Kier molecular flexibility index (Phi) is 9.82. The second-order valence-corrected chi connectivity index (χ2v) is 9.58. The van der Waals surface area contributed by atoms with Crippen molar-refractivity contribution < 1.29 is 27.9 Å². The van der Waals surface area contributed by atoms with Crippen molar-refractivity contribution in [1.29, 1.82) is 0 Å². The third-order valence-corrected chi connectivity index (χ3v) is 6.70. The maximum absolute atomic E-state index is 13.9. The van der Waals surface area contributed by atoms with Gasteiger partial charge in [0, 0.05) is 29.4 Å². The van der Waals surface area contributed by atoms with Crippen LogP contribution in [0.4, 0.5) is 8.78 Å². The molecule has 0 saturated heterocycles. The first-order valence-corrected chi connectivity index (χ1v) is 13.5. The molecule has 0 atom stereocenters. The number of benzene rings is 3. The van der Waals surface area contributed by atoms with Crippen molar-refractivity contribution in [2.24, 2.45) is 0 Å². The fourth-order valence-electron chi connectivity index (χ4n) is 4.03. The Morgan fingerprint density at radius 2 is 1.73 bits per heavy atom. The van der Waals surface area contributed by atoms with E-state index in [-0.39, 0.29) is 25.6 Å². The summed E-state index contributed by atoms with van der Waals surface area (Å²) in [6.45, 7) is 0.173. The Hall–Kier alpha value is -4.28. The molecule has 40 heavy (non-hydrogen) atoms. The third-order valence-electron chi connectivity index (χ3n) is 5.92. The van der Waals surface area contributed by atoms with Gasteiger partial charge in [-0.25, -0.2) is 14.3 Å². The average molecular weight is 564 g/mol. The van der Waals surface area contributed by atoms with Crippen LogP contribution in [-0.2, 0) is 22.8 Å². The lowest BCUT2D eigenvalue weighted by molar-refractivity contribution is -0.132. The summed E-state index contributed by atoms with van der Waals surface area (Å²) in [6.07, 6.45) is 5.08. The SMILES string of the molecule is CONC(=O)CN(Cc1cccnc1)C(=O)c1cccc(COc2ccc(-c3cc(F)c(F)cc3SC)cc2)c1. The second-order valence-electron chi connectivity index (χ2n) is 8.73. The van der Waals surface area contributed by atoms with E-state index in [1.807, 2.05) is 12.1 Å². The van der Waals surface area contributed by atoms with E-state index in [1.54, 1.807) is 67.2 Å². The van der Waals surface area contributed by atoms with Crippen molar-refractivity contribution in [3.05, 3.63) is 114 Å². The zero-order valence-corrected chi connectivity index (χ0v) is 22.7. The molecule has 4 aromatic rings. The largest absolute Gasteiger partial charge is 0.489 e. The first-order chi connectivity index (χ1) is 19.4. The van der Waals surface area contributed by atoms with Gasteiger partial charge in [-0.15, -0.1) is 11.8 Å². The van der Waals surface area contributed by atoms with E-state index in [1.165, 1.54) is 35.9 Å². The third kappa shape index (κ3) is 7.43. The van der Waals surface area contributed by atoms with Gasteiger partial charge < -0.3 is 9.64 Å². The molecule has 3 aromatic carbocycles. The van der Waals surface area contributed by atoms with Gasteiger partial charge in [0.25, 0.3) is 11.8 Å². The molecule has 0 aliphatic carbocycles. The number of hydrogen-bond donors (Lipinski definition) is 1. The van der Waals surface area contributed by atoms with Crippen LogP contribution in [0.1, 0.15) is 21.5 Å². The minimum absolute atomic E-state index is 0.188. The Bertz CT molecular complexity index is 1470. The van der Waals surface area contributed by atoms with Crippen LogP contribution in [-0.4, -0.2) is 41.6 Å². The van der Waals surface area contributed by atoms with Crippen molar-refractivity contribution >= 4 is 23.6 Å². The minimum Gasteiger partial charge on any atom is -0.489 e. The van der Waals surface area contributed by atoms with Gasteiger partial charge in [0.1, 0.15) is 18.9 Å². The molecule has 2 amide bonds. The summed E-state index contributed by atoms with van der Waals surface area (Å²) < 4.78 is 33.4. The molecule has 0 radical (unpaired) electrons. The van der Waals surface area contributed by atoms with Gasteiger partial charge in [0.15, 0.2) is 11.6 Å². The number of carbonyl (C=O) groups is 2. The van der Waals surface area contributed by atoms with Gasteiger partial charge in [0.2, 0.25) is 0 Å². The number of halogens is 2. The first kappa shape index (κ1) is 28.7. The second kappa shape index (κ2) is 13.7. The lowest BCUT2D eigenvalue weighted by atomic mass is 10.1. The number of carbonyl (C=O) groups excluding carboxylic acids is 2. The Labute approximate surface area is 235 Å². The molecule has 206 valence electrons. The summed E-state index contributed by atoms with van der Waals surface area (Å²) in [6, 6.07) is 20.0. The van der Waals surface area contributed by atoms with Crippen LogP contribution >= 0.6 is 11.8 Å². The summed E-state index contributed by atoms with van der Waals surface area (Å²) in [5.74, 6) is -2.01. The van der Waals surface area contributed by atoms with Crippen LogP contribution in [0, 0.1) is 11.6 Å². The molecule has 1 N–H and O–H groups in total. The highest BCUT2D eigenvalue weighted by atomic mass is 32.2. The van der Waals surface area contributed by atoms with Gasteiger partial charge in [-0.1, -0.05) is 30.3 Å². The summed E-state index contributed by atoms with van der Waals surface area (Å²) in [7, 11) is 1.33. The van der Waals surface area contributed by atoms with Crippen LogP contribution < -0.4 is 10.2 Å². The van der Waals surface area contributed by atoms with Crippen molar-refractivity contribution in [1.82, 2.24) is 15.4 Å². The van der Waals surface area contributed by atoms with E-state index < -0.39 is 17.5 Å². The molecule has 0 bridgehead atoms. The van der Waals surface area contributed by atoms with Crippen molar-refractivity contribution in [3.63, 3.8) is 0 Å². The van der Waals surface area contributed by atoms with Gasteiger partial charge in [0.05, 0.1) is 7.11 Å². The van der Waals surface area contributed by atoms with E-state index in [0.717, 1.165) is 16.7 Å². The number of pyridine rings is 1. The molecule has 0 unspecified atom stereocenters. The molecule has 0 spiro atoms. The first-order valence-electron chi connectivity index (χ1n) is 12.2. The molecule has 7 nitrogen and oxygen atoms in total. The van der Waals surface area contributed by atoms with E-state index in [4.69, 9.17) is 4.74 Å². The monoisotopic (exact) mass is 563 g/mol. The highest BCUT2D eigenvalue weighted by Crippen LogP contribution is 2.33. The topological polar surface area (TPSA) is 80.8 Å². The molecule has 4 rings (SSSR count). The van der Waals surface area contributed by atoms with Gasteiger partial charge in [-0.3, -0.25) is 19.4 Å². The molecule has 10 heteroatoms. The Morgan fingerprint density at radius 1 is 0.975 bits per heavy atom. The normalized spacial score (nSPS) is 10.7. The van der Waals surface area contributed by atoms with Crippen LogP contribution in [0.25, 0.3) is 11.1 Å². The van der Waals surface area contributed by atoms with E-state index in [2.05, 4.69) is 15.3 Å². The Balaban J connectivity index is 1.46. The molecule has 0 aliphatic heterocycles. The van der Waals surface area contributed by atoms with Crippen molar-refractivity contribution in [2.45, 2.75) is 18.0 Å². The standard InChI is InChI=1S/C30H27F2N3O4S/c1-38-34-29(36)18-35(17-21-6-4-12-33-16-21)30(37)23-7-3-5-20(13-23)19-39-24-10-8-22(9-11-24)25-14-26(31)27(32)15-28(25)40-2/h3-16H,17-19H2,1-2H3,(H,34,36). The lowest BCUT2D eigenvalue weighted by Crippen LogP contribution is -2.40. The smallest absolute Gasteiger partial charge is 0.263 e. The Morgan fingerprint density at radius 3 is 2.42 bits per heavy atom. The van der Waals surface area contributed by atoms with Crippen LogP contribution in [0.5, 0.6) is 5.75 Å². The van der Waals surface area contributed by atoms with Crippen molar-refractivity contribution in [3.8, 4) is 16.9 Å². The maximum Gasteiger partial charge on any atom is 0.263 e. The van der Waals surface area contributed by atoms with E-state index in [9.17, 15) is 18.4 Å².